The molecule has 190 valence electrons. The van der Waals surface area contributed by atoms with Crippen molar-refractivity contribution in [3.63, 3.8) is 0 Å². The summed E-state index contributed by atoms with van der Waals surface area (Å²) >= 11 is -0.251. The number of aryl methyl sites for hydroxylation is 1. The molecule has 0 radical (unpaired) electrons. The molecule has 36 heavy (non-hydrogen) atoms. The van der Waals surface area contributed by atoms with Crippen LogP contribution in [0.4, 0.5) is 29.5 Å². The molecule has 0 spiro atoms. The summed E-state index contributed by atoms with van der Waals surface area (Å²) in [6, 6.07) is 8.26. The summed E-state index contributed by atoms with van der Waals surface area (Å²) in [4.78, 5) is 37.2. The number of nitrogens with zero attached hydrogens (tertiary/aromatic N) is 5. The van der Waals surface area contributed by atoms with Crippen molar-refractivity contribution in [1.29, 1.82) is 0 Å². The Labute approximate surface area is 210 Å². The fourth-order valence-corrected chi connectivity index (χ4v) is 4.41. The van der Waals surface area contributed by atoms with Crippen molar-refractivity contribution < 1.29 is 22.8 Å². The van der Waals surface area contributed by atoms with E-state index in [9.17, 15) is 22.8 Å². The molecule has 12 heteroatoms. The Morgan fingerprint density at radius 3 is 2.50 bits per heavy atom. The molecule has 0 saturated carbocycles. The van der Waals surface area contributed by atoms with Gasteiger partial charge in [-0.25, -0.2) is 19.7 Å². The average molecular weight is 519 g/mol. The number of aromatic nitrogens is 3. The Morgan fingerprint density at radius 1 is 1.08 bits per heavy atom. The minimum Gasteiger partial charge on any atom is -0.370 e. The Bertz CT molecular complexity index is 1220. The van der Waals surface area contributed by atoms with Gasteiger partial charge in [-0.2, -0.15) is 13.2 Å². The van der Waals surface area contributed by atoms with Gasteiger partial charge in [-0.3, -0.25) is 4.79 Å². The predicted octanol–water partition coefficient (Wildman–Crippen LogP) is 5.14. The first-order valence-corrected chi connectivity index (χ1v) is 12.0. The summed E-state index contributed by atoms with van der Waals surface area (Å²) in [6.45, 7) is 4.98. The fourth-order valence-electron chi connectivity index (χ4n) is 3.87. The number of urea groups is 1. The molecule has 1 aliphatic heterocycles. The second kappa shape index (κ2) is 10.2. The van der Waals surface area contributed by atoms with Gasteiger partial charge in [0.1, 0.15) is 11.4 Å². The van der Waals surface area contributed by atoms with Gasteiger partial charge in [0.05, 0.1) is 12.0 Å². The van der Waals surface area contributed by atoms with Crippen LogP contribution in [0, 0.1) is 0 Å². The van der Waals surface area contributed by atoms with E-state index in [1.165, 1.54) is 29.2 Å². The summed E-state index contributed by atoms with van der Waals surface area (Å²) in [6.07, 6.45) is 7.89. The Kier molecular flexibility index (Phi) is 7.25. The lowest BCUT2D eigenvalue weighted by Crippen LogP contribution is -2.43. The number of carbonyl (C=O) groups is 2. The third kappa shape index (κ3) is 5.81. The van der Waals surface area contributed by atoms with Crippen LogP contribution in [0.25, 0.3) is 0 Å². The molecule has 0 aliphatic carbocycles. The van der Waals surface area contributed by atoms with Crippen LogP contribution in [-0.2, 0) is 17.9 Å². The SMILES string of the molecule is CC1(C)C(=O)N(c2ccc(SC(F)(F)F)cc2)C(=O)N1Cc1ccnc(NCCCn2ccnc2)c1. The molecule has 1 fully saturated rings. The van der Waals surface area contributed by atoms with Gasteiger partial charge in [-0.1, -0.05) is 0 Å². The summed E-state index contributed by atoms with van der Waals surface area (Å²) in [5.41, 5.74) is -4.55. The zero-order valence-corrected chi connectivity index (χ0v) is 20.5. The Morgan fingerprint density at radius 2 is 1.83 bits per heavy atom. The van der Waals surface area contributed by atoms with Gasteiger partial charge in [0, 0.05) is 43.1 Å². The van der Waals surface area contributed by atoms with Crippen molar-refractivity contribution >= 4 is 35.2 Å². The number of alkyl halides is 3. The molecule has 3 heterocycles. The predicted molar refractivity (Wildman–Crippen MR) is 130 cm³/mol. The van der Waals surface area contributed by atoms with Crippen molar-refractivity contribution in [1.82, 2.24) is 19.4 Å². The second-order valence-corrected chi connectivity index (χ2v) is 9.88. The zero-order chi connectivity index (χ0) is 25.9. The smallest absolute Gasteiger partial charge is 0.370 e. The Hall–Kier alpha value is -3.54. The van der Waals surface area contributed by atoms with Crippen LogP contribution in [0.3, 0.4) is 0 Å². The molecule has 1 aliphatic rings. The summed E-state index contributed by atoms with van der Waals surface area (Å²) < 4.78 is 39.9. The third-order valence-electron chi connectivity index (χ3n) is 5.78. The number of imidazole rings is 1. The molecule has 0 bridgehead atoms. The van der Waals surface area contributed by atoms with E-state index >= 15 is 0 Å². The van der Waals surface area contributed by atoms with Gasteiger partial charge in [0.15, 0.2) is 0 Å². The highest BCUT2D eigenvalue weighted by molar-refractivity contribution is 8.00. The summed E-state index contributed by atoms with van der Waals surface area (Å²) in [5.74, 6) is 0.208. The molecule has 3 amide bonds. The number of imide groups is 1. The highest BCUT2D eigenvalue weighted by atomic mass is 32.2. The van der Waals surface area contributed by atoms with E-state index in [-0.39, 0.29) is 28.9 Å². The summed E-state index contributed by atoms with van der Waals surface area (Å²) in [7, 11) is 0. The van der Waals surface area contributed by atoms with Gasteiger partial charge in [0.25, 0.3) is 5.91 Å². The monoisotopic (exact) mass is 518 g/mol. The zero-order valence-electron chi connectivity index (χ0n) is 19.7. The number of amides is 3. The van der Waals surface area contributed by atoms with Crippen LogP contribution in [0.2, 0.25) is 0 Å². The maximum absolute atomic E-state index is 13.3. The minimum atomic E-state index is -4.42. The quantitative estimate of drug-likeness (QED) is 0.240. The summed E-state index contributed by atoms with van der Waals surface area (Å²) in [5, 5.41) is 3.26. The normalized spacial score (nSPS) is 15.6. The number of rotatable bonds is 9. The number of anilines is 2. The number of hydrogen-bond acceptors (Lipinski definition) is 6. The van der Waals surface area contributed by atoms with E-state index in [0.717, 1.165) is 23.4 Å². The van der Waals surface area contributed by atoms with Crippen molar-refractivity contribution in [2.24, 2.45) is 0 Å². The van der Waals surface area contributed by atoms with Gasteiger partial charge in [0.2, 0.25) is 0 Å². The number of pyridine rings is 1. The first-order valence-electron chi connectivity index (χ1n) is 11.2. The fraction of sp³-hybridized carbons (Fsp3) is 0.333. The first kappa shape index (κ1) is 25.5. The minimum absolute atomic E-state index is 0.0247. The molecule has 0 atom stereocenters. The lowest BCUT2D eigenvalue weighted by atomic mass is 10.0. The van der Waals surface area contributed by atoms with Crippen LogP contribution in [0.15, 0.2) is 66.2 Å². The number of hydrogen-bond donors (Lipinski definition) is 1. The number of benzene rings is 1. The van der Waals surface area contributed by atoms with Crippen molar-refractivity contribution in [2.75, 3.05) is 16.8 Å². The van der Waals surface area contributed by atoms with Crippen LogP contribution in [0.5, 0.6) is 0 Å². The van der Waals surface area contributed by atoms with E-state index in [4.69, 9.17) is 0 Å². The molecule has 1 N–H and O–H groups in total. The standard InChI is InChI=1S/C24H25F3N6O2S/c1-23(2)21(34)33(18-4-6-19(7-5-18)36-24(25,26)27)22(35)32(23)15-17-8-10-30-20(14-17)29-9-3-12-31-13-11-28-16-31/h4-8,10-11,13-14,16H,3,9,12,15H2,1-2H3,(H,29,30). The number of halogens is 3. The van der Waals surface area contributed by atoms with Crippen LogP contribution in [-0.4, -0.2) is 49.0 Å². The van der Waals surface area contributed by atoms with Gasteiger partial charge in [-0.15, -0.1) is 0 Å². The van der Waals surface area contributed by atoms with E-state index in [1.807, 2.05) is 16.8 Å². The van der Waals surface area contributed by atoms with Crippen LogP contribution in [0.1, 0.15) is 25.8 Å². The lowest BCUT2D eigenvalue weighted by molar-refractivity contribution is -0.123. The molecule has 2 aromatic heterocycles. The molecule has 1 saturated heterocycles. The molecule has 8 nitrogen and oxygen atoms in total. The molecular formula is C24H25F3N6O2S. The van der Waals surface area contributed by atoms with E-state index in [2.05, 4.69) is 15.3 Å². The molecule has 1 aromatic carbocycles. The Balaban J connectivity index is 1.42. The van der Waals surface area contributed by atoms with Gasteiger partial charge in [-0.05, 0) is 74.0 Å². The van der Waals surface area contributed by atoms with E-state index in [1.54, 1.807) is 38.6 Å². The third-order valence-corrected chi connectivity index (χ3v) is 6.51. The van der Waals surface area contributed by atoms with Crippen molar-refractivity contribution in [3.05, 3.63) is 66.9 Å². The van der Waals surface area contributed by atoms with Crippen LogP contribution >= 0.6 is 11.8 Å². The maximum Gasteiger partial charge on any atom is 0.446 e. The number of nitrogens with one attached hydrogen (secondary N) is 1. The lowest BCUT2D eigenvalue weighted by Gasteiger charge is -2.27. The van der Waals surface area contributed by atoms with Gasteiger partial charge < -0.3 is 14.8 Å². The molecule has 0 unspecified atom stereocenters. The molecule has 3 aromatic rings. The number of carbonyl (C=O) groups excluding carboxylic acids is 2. The molecule has 4 rings (SSSR count). The van der Waals surface area contributed by atoms with Crippen LogP contribution < -0.4 is 10.2 Å². The average Bonchev–Trinajstić information content (AvgIpc) is 3.39. The number of thioether (sulfide) groups is 1. The highest BCUT2D eigenvalue weighted by Crippen LogP contribution is 2.39. The molecular weight excluding hydrogens is 493 g/mol. The second-order valence-electron chi connectivity index (χ2n) is 8.74. The van der Waals surface area contributed by atoms with E-state index in [0.29, 0.717) is 12.4 Å². The topological polar surface area (TPSA) is 83.4 Å². The van der Waals surface area contributed by atoms with Gasteiger partial charge >= 0.3 is 11.5 Å². The van der Waals surface area contributed by atoms with E-state index < -0.39 is 23.0 Å². The highest BCUT2D eigenvalue weighted by Gasteiger charge is 2.51. The van der Waals surface area contributed by atoms with Crippen molar-refractivity contribution in [3.8, 4) is 0 Å². The maximum atomic E-state index is 13.3. The van der Waals surface area contributed by atoms with Crippen molar-refractivity contribution in [2.45, 2.75) is 49.3 Å². The largest absolute Gasteiger partial charge is 0.446 e. The first-order chi connectivity index (χ1) is 17.0.